The van der Waals surface area contributed by atoms with Gasteiger partial charge in [-0.25, -0.2) is 4.79 Å². The Morgan fingerprint density at radius 3 is 1.88 bits per heavy atom. The van der Waals surface area contributed by atoms with Crippen LogP contribution in [-0.2, 0) is 9.53 Å². The fourth-order valence-corrected chi connectivity index (χ4v) is 0.334. The lowest BCUT2D eigenvalue weighted by Crippen LogP contribution is -2.20. The Morgan fingerprint density at radius 1 is 1.31 bits per heavy atom. The molecule has 0 aromatic carbocycles. The number of rotatable bonds is 3. The highest BCUT2D eigenvalue weighted by atomic mass is 19.4. The van der Waals surface area contributed by atoms with Crippen LogP contribution in [0.1, 0.15) is 34.1 Å². The molecule has 0 spiro atoms. The summed E-state index contributed by atoms with van der Waals surface area (Å²) in [6.45, 7) is 10.5. The van der Waals surface area contributed by atoms with Gasteiger partial charge in [0, 0.05) is 0 Å². The van der Waals surface area contributed by atoms with Gasteiger partial charge in [0.15, 0.2) is 0 Å². The molecule has 0 fully saturated rings. The minimum Gasteiger partial charge on any atom is -0.462 e. The maximum Gasteiger partial charge on any atom is 0.422 e. The average Bonchev–Trinajstić information content (AvgIpc) is 2.16. The van der Waals surface area contributed by atoms with Gasteiger partial charge in [0.25, 0.3) is 0 Å². The lowest BCUT2D eigenvalue weighted by Gasteiger charge is -2.07. The van der Waals surface area contributed by atoms with Gasteiger partial charge < -0.3 is 4.74 Å². The first kappa shape index (κ1) is 17.4. The SMILES string of the molecule is C=C(C(=O)OCC)C(F)(F)F.CCC(C)C. The van der Waals surface area contributed by atoms with Crippen molar-refractivity contribution in [3.63, 3.8) is 0 Å². The number of carbonyl (C=O) groups is 1. The van der Waals surface area contributed by atoms with Crippen molar-refractivity contribution in [1.29, 1.82) is 0 Å². The fourth-order valence-electron chi connectivity index (χ4n) is 0.334. The molecule has 16 heavy (non-hydrogen) atoms. The van der Waals surface area contributed by atoms with Gasteiger partial charge in [-0.05, 0) is 12.8 Å². The smallest absolute Gasteiger partial charge is 0.422 e. The number of esters is 1. The molecular weight excluding hydrogens is 221 g/mol. The lowest BCUT2D eigenvalue weighted by atomic mass is 10.2. The van der Waals surface area contributed by atoms with Gasteiger partial charge in [-0.1, -0.05) is 33.8 Å². The second-order valence-electron chi connectivity index (χ2n) is 3.50. The third kappa shape index (κ3) is 9.55. The van der Waals surface area contributed by atoms with Crippen LogP contribution >= 0.6 is 0 Å². The predicted molar refractivity (Wildman–Crippen MR) is 57.0 cm³/mol. The van der Waals surface area contributed by atoms with E-state index in [0.717, 1.165) is 5.92 Å². The third-order valence-electron chi connectivity index (χ3n) is 1.68. The van der Waals surface area contributed by atoms with Crippen LogP contribution in [0.25, 0.3) is 0 Å². The van der Waals surface area contributed by atoms with Crippen molar-refractivity contribution in [2.45, 2.75) is 40.3 Å². The van der Waals surface area contributed by atoms with Crippen LogP contribution in [0.5, 0.6) is 0 Å². The molecule has 0 amide bonds. The molecule has 0 atom stereocenters. The monoisotopic (exact) mass is 240 g/mol. The van der Waals surface area contributed by atoms with Crippen molar-refractivity contribution >= 4 is 5.97 Å². The van der Waals surface area contributed by atoms with E-state index in [9.17, 15) is 18.0 Å². The molecule has 0 aliphatic heterocycles. The van der Waals surface area contributed by atoms with Crippen molar-refractivity contribution in [2.75, 3.05) is 6.61 Å². The van der Waals surface area contributed by atoms with E-state index in [1.165, 1.54) is 13.3 Å². The van der Waals surface area contributed by atoms with E-state index in [4.69, 9.17) is 0 Å². The highest BCUT2D eigenvalue weighted by molar-refractivity contribution is 5.89. The molecule has 0 aliphatic rings. The summed E-state index contributed by atoms with van der Waals surface area (Å²) >= 11 is 0. The van der Waals surface area contributed by atoms with Crippen LogP contribution < -0.4 is 0 Å². The predicted octanol–water partition coefficient (Wildman–Crippen LogP) is 3.72. The Labute approximate surface area is 94.5 Å². The molecule has 0 N–H and O–H groups in total. The Balaban J connectivity index is 0. The van der Waals surface area contributed by atoms with Crippen molar-refractivity contribution in [1.82, 2.24) is 0 Å². The Hall–Kier alpha value is -1.00. The molecule has 0 rings (SSSR count). The van der Waals surface area contributed by atoms with Crippen LogP contribution in [0.4, 0.5) is 13.2 Å². The van der Waals surface area contributed by atoms with E-state index < -0.39 is 17.7 Å². The summed E-state index contributed by atoms with van der Waals surface area (Å²) in [5.74, 6) is -0.532. The number of carbonyl (C=O) groups excluding carboxylic acids is 1. The van der Waals surface area contributed by atoms with Crippen LogP contribution in [0, 0.1) is 5.92 Å². The number of hydrogen-bond acceptors (Lipinski definition) is 2. The Morgan fingerprint density at radius 2 is 1.69 bits per heavy atom. The van der Waals surface area contributed by atoms with Gasteiger partial charge in [0.2, 0.25) is 0 Å². The molecule has 0 saturated heterocycles. The number of hydrogen-bond donors (Lipinski definition) is 0. The van der Waals surface area contributed by atoms with Gasteiger partial charge in [-0.15, -0.1) is 0 Å². The van der Waals surface area contributed by atoms with Crippen LogP contribution in [0.3, 0.4) is 0 Å². The number of ether oxygens (including phenoxy) is 1. The zero-order chi connectivity index (χ0) is 13.4. The van der Waals surface area contributed by atoms with Gasteiger partial charge in [-0.2, -0.15) is 13.2 Å². The number of alkyl halides is 3. The molecule has 0 aromatic rings. The summed E-state index contributed by atoms with van der Waals surface area (Å²) in [6.07, 6.45) is -3.38. The number of halogens is 3. The molecule has 5 heteroatoms. The van der Waals surface area contributed by atoms with Crippen LogP contribution in [0.2, 0.25) is 0 Å². The van der Waals surface area contributed by atoms with E-state index in [2.05, 4.69) is 32.1 Å². The quantitative estimate of drug-likeness (QED) is 0.555. The normalized spacial score (nSPS) is 10.5. The summed E-state index contributed by atoms with van der Waals surface area (Å²) in [4.78, 5) is 10.3. The Kier molecular flexibility index (Phi) is 8.90. The molecule has 0 aromatic heterocycles. The summed E-state index contributed by atoms with van der Waals surface area (Å²) in [5, 5.41) is 0. The van der Waals surface area contributed by atoms with Crippen molar-refractivity contribution in [3.05, 3.63) is 12.2 Å². The molecule has 96 valence electrons. The first-order valence-electron chi connectivity index (χ1n) is 5.09. The summed E-state index contributed by atoms with van der Waals surface area (Å²) in [6, 6.07) is 0. The van der Waals surface area contributed by atoms with Crippen LogP contribution in [-0.4, -0.2) is 18.8 Å². The molecule has 0 heterocycles. The molecule has 2 nitrogen and oxygen atoms in total. The topological polar surface area (TPSA) is 26.3 Å². The molecule has 0 aliphatic carbocycles. The van der Waals surface area contributed by atoms with E-state index in [0.29, 0.717) is 0 Å². The maximum atomic E-state index is 11.6. The second kappa shape index (κ2) is 8.19. The lowest BCUT2D eigenvalue weighted by molar-refractivity contribution is -0.150. The Bertz CT molecular complexity index is 220. The molecule has 0 radical (unpaired) electrons. The minimum absolute atomic E-state index is 0.0894. The van der Waals surface area contributed by atoms with Gasteiger partial charge in [0.05, 0.1) is 6.61 Å². The highest BCUT2D eigenvalue weighted by Crippen LogP contribution is 2.24. The van der Waals surface area contributed by atoms with Gasteiger partial charge in [-0.3, -0.25) is 0 Å². The molecule has 0 bridgehead atoms. The molecule has 0 saturated carbocycles. The fraction of sp³-hybridized carbons (Fsp3) is 0.727. The molecular formula is C11H19F3O2. The van der Waals surface area contributed by atoms with Crippen LogP contribution in [0.15, 0.2) is 12.2 Å². The highest BCUT2D eigenvalue weighted by Gasteiger charge is 2.37. The average molecular weight is 240 g/mol. The van der Waals surface area contributed by atoms with E-state index in [1.807, 2.05) is 0 Å². The summed E-state index contributed by atoms with van der Waals surface area (Å²) in [7, 11) is 0. The zero-order valence-corrected chi connectivity index (χ0v) is 10.1. The molecule has 0 unspecified atom stereocenters. The van der Waals surface area contributed by atoms with Crippen molar-refractivity contribution < 1.29 is 22.7 Å². The third-order valence-corrected chi connectivity index (χ3v) is 1.68. The summed E-state index contributed by atoms with van der Waals surface area (Å²) in [5.41, 5.74) is -1.47. The van der Waals surface area contributed by atoms with Gasteiger partial charge in [0.1, 0.15) is 5.57 Å². The largest absolute Gasteiger partial charge is 0.462 e. The first-order chi connectivity index (χ1) is 7.16. The summed E-state index contributed by atoms with van der Waals surface area (Å²) < 4.78 is 38.9. The van der Waals surface area contributed by atoms with Crippen molar-refractivity contribution in [2.24, 2.45) is 5.92 Å². The maximum absolute atomic E-state index is 11.6. The first-order valence-corrected chi connectivity index (χ1v) is 5.09. The van der Waals surface area contributed by atoms with Crippen molar-refractivity contribution in [3.8, 4) is 0 Å². The van der Waals surface area contributed by atoms with Gasteiger partial charge >= 0.3 is 12.1 Å². The van der Waals surface area contributed by atoms with E-state index in [-0.39, 0.29) is 6.61 Å². The second-order valence-corrected chi connectivity index (χ2v) is 3.50. The minimum atomic E-state index is -4.69. The zero-order valence-electron chi connectivity index (χ0n) is 10.1. The van der Waals surface area contributed by atoms with E-state index in [1.54, 1.807) is 0 Å². The van der Waals surface area contributed by atoms with E-state index >= 15 is 0 Å². The standard InChI is InChI=1S/C6H7F3O2.C5H12/c1-3-11-5(10)4(2)6(7,8)9;1-4-5(2)3/h2-3H2,1H3;5H,4H2,1-3H3.